The average Bonchev–Trinajstić information content (AvgIpc) is 2.78. The van der Waals surface area contributed by atoms with Crippen molar-refractivity contribution >= 4 is 5.97 Å². The Kier molecular flexibility index (Phi) is 6.21. The molecule has 2 aliphatic carbocycles. The normalized spacial score (nSPS) is 25.8. The monoisotopic (exact) mass is 408 g/mol. The van der Waals surface area contributed by atoms with E-state index in [-0.39, 0.29) is 11.5 Å². The molecule has 4 unspecified atom stereocenters. The lowest BCUT2D eigenvalue weighted by atomic mass is 9.64. The van der Waals surface area contributed by atoms with Gasteiger partial charge in [0, 0.05) is 6.07 Å². The first-order valence-corrected chi connectivity index (χ1v) is 10.9. The third-order valence-corrected chi connectivity index (χ3v) is 6.94. The number of carbonyl (C=O) groups is 1. The molecular weight excluding hydrogens is 379 g/mol. The van der Waals surface area contributed by atoms with Crippen LogP contribution in [0.25, 0.3) is 0 Å². The molecule has 0 saturated heterocycles. The lowest BCUT2D eigenvalue weighted by Gasteiger charge is -2.41. The fourth-order valence-corrected chi connectivity index (χ4v) is 5.21. The molecule has 0 heterocycles. The Labute approximate surface area is 177 Å². The second kappa shape index (κ2) is 9.03. The molecule has 0 spiro atoms. The van der Waals surface area contributed by atoms with Crippen LogP contribution in [0.4, 0.5) is 4.39 Å². The van der Waals surface area contributed by atoms with Gasteiger partial charge in [0.1, 0.15) is 5.75 Å². The fraction of sp³-hybridized carbons (Fsp3) is 0.423. The lowest BCUT2D eigenvalue weighted by molar-refractivity contribution is 0.0734. The van der Waals surface area contributed by atoms with Crippen LogP contribution in [0, 0.1) is 23.6 Å². The van der Waals surface area contributed by atoms with Gasteiger partial charge in [-0.15, -0.1) is 6.58 Å². The largest absolute Gasteiger partial charge is 0.494 e. The van der Waals surface area contributed by atoms with Crippen molar-refractivity contribution in [1.82, 2.24) is 0 Å². The quantitative estimate of drug-likeness (QED) is 0.320. The van der Waals surface area contributed by atoms with Crippen molar-refractivity contribution in [2.24, 2.45) is 17.8 Å². The summed E-state index contributed by atoms with van der Waals surface area (Å²) in [5.74, 6) is 2.15. The van der Waals surface area contributed by atoms with Gasteiger partial charge in [-0.05, 0) is 92.0 Å². The Hall–Kier alpha value is -2.62. The van der Waals surface area contributed by atoms with Crippen molar-refractivity contribution in [3.63, 3.8) is 0 Å². The van der Waals surface area contributed by atoms with E-state index in [0.717, 1.165) is 17.9 Å². The van der Waals surface area contributed by atoms with E-state index < -0.39 is 11.8 Å². The SMILES string of the molecule is C=CC1CCC2CC(c3ccc(C(=O)Oc4ccc(OC)c(F)c4)cc3)CCC2C1. The number of methoxy groups -OCH3 is 1. The summed E-state index contributed by atoms with van der Waals surface area (Å²) in [7, 11) is 1.39. The van der Waals surface area contributed by atoms with Gasteiger partial charge in [0.2, 0.25) is 0 Å². The molecule has 4 rings (SSSR count). The van der Waals surface area contributed by atoms with E-state index in [2.05, 4.69) is 12.7 Å². The van der Waals surface area contributed by atoms with E-state index >= 15 is 0 Å². The van der Waals surface area contributed by atoms with Crippen LogP contribution < -0.4 is 9.47 Å². The summed E-state index contributed by atoms with van der Waals surface area (Å²) in [6.07, 6.45) is 9.75. The van der Waals surface area contributed by atoms with Gasteiger partial charge in [0.25, 0.3) is 0 Å². The first-order valence-electron chi connectivity index (χ1n) is 10.9. The molecule has 0 aromatic heterocycles. The molecule has 0 N–H and O–H groups in total. The fourth-order valence-electron chi connectivity index (χ4n) is 5.21. The van der Waals surface area contributed by atoms with E-state index in [1.165, 1.54) is 63.3 Å². The third-order valence-electron chi connectivity index (χ3n) is 6.94. The van der Waals surface area contributed by atoms with Crippen LogP contribution in [0.3, 0.4) is 0 Å². The Morgan fingerprint density at radius 3 is 2.47 bits per heavy atom. The van der Waals surface area contributed by atoms with Gasteiger partial charge < -0.3 is 9.47 Å². The van der Waals surface area contributed by atoms with Gasteiger partial charge in [-0.2, -0.15) is 0 Å². The number of allylic oxidation sites excluding steroid dienone is 1. The summed E-state index contributed by atoms with van der Waals surface area (Å²) in [5, 5.41) is 0. The Bertz CT molecular complexity index is 905. The lowest BCUT2D eigenvalue weighted by Crippen LogP contribution is -2.29. The van der Waals surface area contributed by atoms with Gasteiger partial charge in [-0.1, -0.05) is 18.2 Å². The molecule has 0 amide bonds. The van der Waals surface area contributed by atoms with Crippen molar-refractivity contribution in [3.8, 4) is 11.5 Å². The molecule has 2 fully saturated rings. The number of hydrogen-bond acceptors (Lipinski definition) is 3. The van der Waals surface area contributed by atoms with Crippen LogP contribution in [-0.2, 0) is 0 Å². The van der Waals surface area contributed by atoms with Crippen LogP contribution in [0.15, 0.2) is 55.1 Å². The van der Waals surface area contributed by atoms with Crippen molar-refractivity contribution in [2.75, 3.05) is 7.11 Å². The highest BCUT2D eigenvalue weighted by molar-refractivity contribution is 5.91. The molecule has 4 heteroatoms. The average molecular weight is 409 g/mol. The zero-order valence-corrected chi connectivity index (χ0v) is 17.5. The molecule has 2 aliphatic rings. The smallest absolute Gasteiger partial charge is 0.343 e. The number of halogens is 1. The Morgan fingerprint density at radius 2 is 1.77 bits per heavy atom. The Balaban J connectivity index is 1.37. The maximum atomic E-state index is 13.8. The molecule has 2 aromatic carbocycles. The standard InChI is InChI=1S/C26H29FO3/c1-3-17-4-5-22-15-21(11-10-20(22)14-17)18-6-8-19(9-7-18)26(28)30-23-12-13-25(29-2)24(27)16-23/h3,6-9,12-13,16-17,20-22H,1,4-5,10-11,14-15H2,2H3. The third kappa shape index (κ3) is 4.43. The number of esters is 1. The molecule has 2 aromatic rings. The van der Waals surface area contributed by atoms with Crippen LogP contribution in [0.1, 0.15) is 60.4 Å². The minimum atomic E-state index is -0.559. The van der Waals surface area contributed by atoms with Gasteiger partial charge in [0.05, 0.1) is 12.7 Å². The minimum absolute atomic E-state index is 0.117. The zero-order valence-electron chi connectivity index (χ0n) is 17.5. The topological polar surface area (TPSA) is 35.5 Å². The highest BCUT2D eigenvalue weighted by Crippen LogP contribution is 2.47. The van der Waals surface area contributed by atoms with E-state index in [1.807, 2.05) is 24.3 Å². The van der Waals surface area contributed by atoms with E-state index in [9.17, 15) is 9.18 Å². The molecule has 158 valence electrons. The number of fused-ring (bicyclic) bond motifs is 1. The number of ether oxygens (including phenoxy) is 2. The van der Waals surface area contributed by atoms with E-state index in [0.29, 0.717) is 17.4 Å². The predicted octanol–water partition coefficient (Wildman–Crippen LogP) is 6.54. The summed E-state index contributed by atoms with van der Waals surface area (Å²) in [5.41, 5.74) is 1.77. The first kappa shape index (κ1) is 20.6. The molecule has 0 aliphatic heterocycles. The maximum absolute atomic E-state index is 13.8. The van der Waals surface area contributed by atoms with Gasteiger partial charge >= 0.3 is 5.97 Å². The van der Waals surface area contributed by atoms with Crippen LogP contribution in [0.5, 0.6) is 11.5 Å². The van der Waals surface area contributed by atoms with Gasteiger partial charge in [-0.3, -0.25) is 0 Å². The summed E-state index contributed by atoms with van der Waals surface area (Å²) < 4.78 is 24.0. The molecular formula is C26H29FO3. The van der Waals surface area contributed by atoms with Crippen molar-refractivity contribution in [3.05, 3.63) is 72.1 Å². The second-order valence-electron chi connectivity index (χ2n) is 8.65. The number of benzene rings is 2. The second-order valence-corrected chi connectivity index (χ2v) is 8.65. The summed E-state index contributed by atoms with van der Waals surface area (Å²) >= 11 is 0. The van der Waals surface area contributed by atoms with Crippen LogP contribution in [-0.4, -0.2) is 13.1 Å². The minimum Gasteiger partial charge on any atom is -0.494 e. The number of carbonyl (C=O) groups excluding carboxylic acids is 1. The molecule has 0 bridgehead atoms. The van der Waals surface area contributed by atoms with Gasteiger partial charge in [0.15, 0.2) is 11.6 Å². The van der Waals surface area contributed by atoms with Gasteiger partial charge in [-0.25, -0.2) is 9.18 Å². The van der Waals surface area contributed by atoms with Crippen LogP contribution in [0.2, 0.25) is 0 Å². The molecule has 30 heavy (non-hydrogen) atoms. The summed E-state index contributed by atoms with van der Waals surface area (Å²) in [6.45, 7) is 3.98. The highest BCUT2D eigenvalue weighted by Gasteiger charge is 2.35. The zero-order chi connectivity index (χ0) is 21.1. The first-order chi connectivity index (χ1) is 14.6. The number of hydrogen-bond donors (Lipinski definition) is 0. The number of rotatable bonds is 5. The molecule has 4 atom stereocenters. The van der Waals surface area contributed by atoms with E-state index in [4.69, 9.17) is 9.47 Å². The molecule has 3 nitrogen and oxygen atoms in total. The highest BCUT2D eigenvalue weighted by atomic mass is 19.1. The van der Waals surface area contributed by atoms with E-state index in [1.54, 1.807) is 0 Å². The maximum Gasteiger partial charge on any atom is 0.343 e. The Morgan fingerprint density at radius 1 is 1.03 bits per heavy atom. The molecule has 0 radical (unpaired) electrons. The van der Waals surface area contributed by atoms with Crippen molar-refractivity contribution in [2.45, 2.75) is 44.4 Å². The van der Waals surface area contributed by atoms with Crippen molar-refractivity contribution in [1.29, 1.82) is 0 Å². The predicted molar refractivity (Wildman–Crippen MR) is 115 cm³/mol. The van der Waals surface area contributed by atoms with Crippen LogP contribution >= 0.6 is 0 Å². The van der Waals surface area contributed by atoms with Crippen molar-refractivity contribution < 1.29 is 18.7 Å². The summed E-state index contributed by atoms with van der Waals surface area (Å²) in [4.78, 5) is 12.4. The molecule has 2 saturated carbocycles. The summed E-state index contributed by atoms with van der Waals surface area (Å²) in [6, 6.07) is 11.9.